The minimum absolute atomic E-state index is 0.150. The summed E-state index contributed by atoms with van der Waals surface area (Å²) in [5.41, 5.74) is 6.94. The zero-order chi connectivity index (χ0) is 9.42. The first-order valence-corrected chi connectivity index (χ1v) is 4.08. The Morgan fingerprint density at radius 1 is 1.46 bits per heavy atom. The first-order valence-electron chi connectivity index (χ1n) is 3.71. The summed E-state index contributed by atoms with van der Waals surface area (Å²) in [7, 11) is 0. The summed E-state index contributed by atoms with van der Waals surface area (Å²) in [5, 5.41) is 0.340. The zero-order valence-corrected chi connectivity index (χ0v) is 7.45. The number of carbonyl (C=O) groups excluding carboxylic acids is 1. The Kier molecular flexibility index (Phi) is 1.81. The molecule has 2 heterocycles. The van der Waals surface area contributed by atoms with Crippen LogP contribution < -0.4 is 5.73 Å². The number of amides is 1. The van der Waals surface area contributed by atoms with E-state index in [1.165, 1.54) is 0 Å². The van der Waals surface area contributed by atoms with Crippen molar-refractivity contribution in [1.82, 2.24) is 14.9 Å². The van der Waals surface area contributed by atoms with Gasteiger partial charge in [0, 0.05) is 5.56 Å². The van der Waals surface area contributed by atoms with Gasteiger partial charge < -0.3 is 10.6 Å². The third-order valence-electron chi connectivity index (χ3n) is 1.92. The highest BCUT2D eigenvalue weighted by molar-refractivity contribution is 6.30. The van der Waals surface area contributed by atoms with Crippen LogP contribution in [0.3, 0.4) is 0 Å². The molecule has 0 fully saturated rings. The first-order chi connectivity index (χ1) is 6.20. The molecule has 13 heavy (non-hydrogen) atoms. The topological polar surface area (TPSA) is 72.1 Å². The van der Waals surface area contributed by atoms with Crippen LogP contribution in [0.25, 0.3) is 0 Å². The standard InChI is InChI=1S/C7H7ClN4O/c8-6-4-1-12(3-13)2-5(4)10-7(9)11-6/h3H,1-2H2,(H2,9,10,11). The van der Waals surface area contributed by atoms with E-state index < -0.39 is 0 Å². The van der Waals surface area contributed by atoms with E-state index in [4.69, 9.17) is 17.3 Å². The van der Waals surface area contributed by atoms with Gasteiger partial charge in [-0.05, 0) is 0 Å². The molecule has 1 aromatic heterocycles. The maximum atomic E-state index is 10.5. The summed E-state index contributed by atoms with van der Waals surface area (Å²) in [6, 6.07) is 0. The van der Waals surface area contributed by atoms with E-state index in [0.717, 1.165) is 17.7 Å². The summed E-state index contributed by atoms with van der Waals surface area (Å²) in [4.78, 5) is 19.8. The normalized spacial score (nSPS) is 14.4. The van der Waals surface area contributed by atoms with Gasteiger partial charge in [0.05, 0.1) is 18.8 Å². The lowest BCUT2D eigenvalue weighted by Gasteiger charge is -2.03. The monoisotopic (exact) mass is 198 g/mol. The van der Waals surface area contributed by atoms with Crippen LogP contribution in [-0.2, 0) is 17.9 Å². The van der Waals surface area contributed by atoms with Crippen LogP contribution in [0.2, 0.25) is 5.15 Å². The van der Waals surface area contributed by atoms with Gasteiger partial charge in [-0.25, -0.2) is 9.97 Å². The Balaban J connectivity index is 2.45. The third kappa shape index (κ3) is 1.31. The van der Waals surface area contributed by atoms with E-state index in [2.05, 4.69) is 9.97 Å². The van der Waals surface area contributed by atoms with E-state index in [-0.39, 0.29) is 5.95 Å². The molecule has 0 aliphatic carbocycles. The lowest BCUT2D eigenvalue weighted by Crippen LogP contribution is -2.12. The highest BCUT2D eigenvalue weighted by atomic mass is 35.5. The van der Waals surface area contributed by atoms with Crippen LogP contribution in [0, 0.1) is 0 Å². The molecule has 0 saturated heterocycles. The number of hydrogen-bond donors (Lipinski definition) is 1. The van der Waals surface area contributed by atoms with Gasteiger partial charge in [0.2, 0.25) is 12.4 Å². The average Bonchev–Trinajstić information content (AvgIpc) is 2.47. The molecule has 1 aliphatic rings. The summed E-state index contributed by atoms with van der Waals surface area (Å²) < 4.78 is 0. The van der Waals surface area contributed by atoms with Crippen molar-refractivity contribution >= 4 is 24.0 Å². The molecule has 0 aromatic carbocycles. The van der Waals surface area contributed by atoms with Crippen LogP contribution >= 0.6 is 11.6 Å². The van der Waals surface area contributed by atoms with Crippen molar-refractivity contribution in [2.24, 2.45) is 0 Å². The summed E-state index contributed by atoms with van der Waals surface area (Å²) in [5.74, 6) is 0.150. The van der Waals surface area contributed by atoms with E-state index in [1.54, 1.807) is 4.90 Å². The first kappa shape index (κ1) is 8.25. The fraction of sp³-hybridized carbons (Fsp3) is 0.286. The minimum atomic E-state index is 0.150. The highest BCUT2D eigenvalue weighted by Crippen LogP contribution is 2.25. The molecule has 68 valence electrons. The maximum Gasteiger partial charge on any atom is 0.221 e. The van der Waals surface area contributed by atoms with Crippen molar-refractivity contribution in [1.29, 1.82) is 0 Å². The molecular formula is C7H7ClN4O. The van der Waals surface area contributed by atoms with Gasteiger partial charge in [0.15, 0.2) is 0 Å². The molecule has 0 radical (unpaired) electrons. The number of carbonyl (C=O) groups is 1. The van der Waals surface area contributed by atoms with Gasteiger partial charge in [-0.3, -0.25) is 4.79 Å². The van der Waals surface area contributed by atoms with E-state index in [0.29, 0.717) is 18.2 Å². The predicted octanol–water partition coefficient (Wildman–Crippen LogP) is 0.184. The van der Waals surface area contributed by atoms with E-state index >= 15 is 0 Å². The number of halogens is 1. The van der Waals surface area contributed by atoms with Gasteiger partial charge in [-0.1, -0.05) is 11.6 Å². The number of aromatic nitrogens is 2. The molecule has 2 N–H and O–H groups in total. The number of anilines is 1. The van der Waals surface area contributed by atoms with Crippen molar-refractivity contribution in [3.8, 4) is 0 Å². The molecular weight excluding hydrogens is 192 g/mol. The van der Waals surface area contributed by atoms with Crippen LogP contribution in [0.1, 0.15) is 11.3 Å². The molecule has 0 spiro atoms. The van der Waals surface area contributed by atoms with Gasteiger partial charge in [0.1, 0.15) is 5.15 Å². The Bertz CT molecular complexity index is 368. The molecule has 2 rings (SSSR count). The van der Waals surface area contributed by atoms with E-state index in [1.807, 2.05) is 0 Å². The minimum Gasteiger partial charge on any atom is -0.368 e. The number of nitrogens with zero attached hydrogens (tertiary/aromatic N) is 3. The molecule has 1 aromatic rings. The summed E-state index contributed by atoms with van der Waals surface area (Å²) in [6.45, 7) is 0.934. The van der Waals surface area contributed by atoms with Crippen molar-refractivity contribution in [2.75, 3.05) is 5.73 Å². The van der Waals surface area contributed by atoms with Gasteiger partial charge in [-0.2, -0.15) is 0 Å². The smallest absolute Gasteiger partial charge is 0.221 e. The molecule has 0 bridgehead atoms. The van der Waals surface area contributed by atoms with Gasteiger partial charge in [0.25, 0.3) is 0 Å². The molecule has 1 amide bonds. The fourth-order valence-electron chi connectivity index (χ4n) is 1.33. The van der Waals surface area contributed by atoms with Gasteiger partial charge in [-0.15, -0.1) is 0 Å². The van der Waals surface area contributed by atoms with Crippen LogP contribution in [0.5, 0.6) is 0 Å². The Hall–Kier alpha value is -1.36. The SMILES string of the molecule is Nc1nc(Cl)c2c(n1)CN(C=O)C2. The van der Waals surface area contributed by atoms with Crippen molar-refractivity contribution < 1.29 is 4.79 Å². The van der Waals surface area contributed by atoms with E-state index in [9.17, 15) is 4.79 Å². The average molecular weight is 199 g/mol. The maximum absolute atomic E-state index is 10.5. The second kappa shape index (κ2) is 2.85. The Labute approximate surface area is 79.5 Å². The van der Waals surface area contributed by atoms with Crippen molar-refractivity contribution in [3.05, 3.63) is 16.4 Å². The van der Waals surface area contributed by atoms with Crippen LogP contribution in [0.4, 0.5) is 5.95 Å². The third-order valence-corrected chi connectivity index (χ3v) is 2.24. The Morgan fingerprint density at radius 2 is 2.23 bits per heavy atom. The predicted molar refractivity (Wildman–Crippen MR) is 46.8 cm³/mol. The van der Waals surface area contributed by atoms with Crippen LogP contribution in [-0.4, -0.2) is 21.3 Å². The Morgan fingerprint density at radius 3 is 2.92 bits per heavy atom. The number of nitrogens with two attached hydrogens (primary N) is 1. The fourth-order valence-corrected chi connectivity index (χ4v) is 1.59. The quantitative estimate of drug-likeness (QED) is 0.516. The highest BCUT2D eigenvalue weighted by Gasteiger charge is 2.22. The molecule has 0 unspecified atom stereocenters. The molecule has 1 aliphatic heterocycles. The van der Waals surface area contributed by atoms with Crippen molar-refractivity contribution in [2.45, 2.75) is 13.1 Å². The second-order valence-electron chi connectivity index (χ2n) is 2.81. The van der Waals surface area contributed by atoms with Gasteiger partial charge >= 0.3 is 0 Å². The summed E-state index contributed by atoms with van der Waals surface area (Å²) in [6.07, 6.45) is 0.758. The zero-order valence-electron chi connectivity index (χ0n) is 6.70. The number of nitrogen functional groups attached to an aromatic ring is 1. The van der Waals surface area contributed by atoms with Crippen LogP contribution in [0.15, 0.2) is 0 Å². The molecule has 6 heteroatoms. The summed E-state index contributed by atoms with van der Waals surface area (Å²) >= 11 is 5.82. The molecule has 5 nitrogen and oxygen atoms in total. The number of hydrogen-bond acceptors (Lipinski definition) is 4. The van der Waals surface area contributed by atoms with Crippen molar-refractivity contribution in [3.63, 3.8) is 0 Å². The lowest BCUT2D eigenvalue weighted by atomic mass is 10.3. The number of fused-ring (bicyclic) bond motifs is 1. The largest absolute Gasteiger partial charge is 0.368 e. The lowest BCUT2D eigenvalue weighted by molar-refractivity contribution is -0.118. The molecule has 0 saturated carbocycles. The number of rotatable bonds is 1. The second-order valence-corrected chi connectivity index (χ2v) is 3.17. The molecule has 0 atom stereocenters.